The fourth-order valence-electron chi connectivity index (χ4n) is 6.71. The van der Waals surface area contributed by atoms with E-state index >= 15 is 0 Å². The van der Waals surface area contributed by atoms with Crippen LogP contribution in [-0.2, 0) is 32.7 Å². The number of allylic oxidation sites excluding steroid dienone is 10. The Morgan fingerprint density at radius 1 is 0.532 bits per heavy atom. The van der Waals surface area contributed by atoms with E-state index in [1.807, 2.05) is 0 Å². The lowest BCUT2D eigenvalue weighted by Gasteiger charge is -2.20. The van der Waals surface area contributed by atoms with Crippen LogP contribution in [0.1, 0.15) is 213 Å². The lowest BCUT2D eigenvalue weighted by Crippen LogP contribution is -2.34. The zero-order chi connectivity index (χ0) is 45.5. The Balaban J connectivity index is 4.14. The van der Waals surface area contributed by atoms with Crippen LogP contribution in [0.4, 0.5) is 0 Å². The van der Waals surface area contributed by atoms with Gasteiger partial charge in [0.25, 0.3) is 0 Å². The normalized spacial score (nSPS) is 14.3. The summed E-state index contributed by atoms with van der Waals surface area (Å²) in [5, 5.41) is 8.92. The van der Waals surface area contributed by atoms with Gasteiger partial charge in [-0.2, -0.15) is 0 Å². The summed E-state index contributed by atoms with van der Waals surface area (Å²) in [5.41, 5.74) is 5.37. The molecule has 0 aromatic carbocycles. The van der Waals surface area contributed by atoms with Gasteiger partial charge in [-0.25, -0.2) is 4.57 Å². The van der Waals surface area contributed by atoms with Gasteiger partial charge in [0.1, 0.15) is 12.1 Å². The molecular formula is C51H92NO9P. The smallest absolute Gasteiger partial charge is 0.472 e. The molecule has 0 fully saturated rings. The number of nitrogens with two attached hydrogens (primary N) is 1. The maximum absolute atomic E-state index is 12.7. The summed E-state index contributed by atoms with van der Waals surface area (Å²) in [6.07, 6.45) is 57.0. The van der Waals surface area contributed by atoms with Gasteiger partial charge in [-0.1, -0.05) is 190 Å². The van der Waals surface area contributed by atoms with E-state index in [-0.39, 0.29) is 13.0 Å². The quantitative estimate of drug-likeness (QED) is 0.0233. The van der Waals surface area contributed by atoms with Crippen LogP contribution in [-0.4, -0.2) is 60.5 Å². The number of carboxylic acids is 1. The first-order chi connectivity index (χ1) is 30.2. The maximum Gasteiger partial charge on any atom is 0.472 e. The molecule has 0 heterocycles. The van der Waals surface area contributed by atoms with E-state index in [9.17, 15) is 19.0 Å². The first-order valence-corrected chi connectivity index (χ1v) is 26.3. The minimum absolute atomic E-state index is 0.0102. The molecule has 0 saturated heterocycles. The van der Waals surface area contributed by atoms with E-state index in [1.54, 1.807) is 0 Å². The van der Waals surface area contributed by atoms with Crippen molar-refractivity contribution in [2.45, 2.75) is 225 Å². The summed E-state index contributed by atoms with van der Waals surface area (Å²) in [4.78, 5) is 33.6. The molecule has 0 aromatic rings. The molecule has 0 aromatic heterocycles. The average Bonchev–Trinajstić information content (AvgIpc) is 3.25. The zero-order valence-electron chi connectivity index (χ0n) is 39.5. The molecule has 0 amide bonds. The van der Waals surface area contributed by atoms with E-state index in [0.29, 0.717) is 13.0 Å². The van der Waals surface area contributed by atoms with Gasteiger partial charge in [0.2, 0.25) is 0 Å². The predicted molar refractivity (Wildman–Crippen MR) is 258 cm³/mol. The Labute approximate surface area is 379 Å². The topological polar surface area (TPSA) is 155 Å². The molecule has 62 heavy (non-hydrogen) atoms. The second kappa shape index (κ2) is 46.7. The van der Waals surface area contributed by atoms with Crippen molar-refractivity contribution in [2.75, 3.05) is 26.4 Å². The zero-order valence-corrected chi connectivity index (χ0v) is 40.3. The van der Waals surface area contributed by atoms with E-state index in [2.05, 4.69) is 74.6 Å². The van der Waals surface area contributed by atoms with Gasteiger partial charge in [-0.15, -0.1) is 0 Å². The van der Waals surface area contributed by atoms with Crippen LogP contribution in [0, 0.1) is 0 Å². The van der Waals surface area contributed by atoms with Gasteiger partial charge < -0.3 is 25.2 Å². The molecule has 0 saturated carbocycles. The number of ether oxygens (including phenoxy) is 2. The number of aliphatic carboxylic acids is 1. The highest BCUT2D eigenvalue weighted by molar-refractivity contribution is 7.47. The highest BCUT2D eigenvalue weighted by atomic mass is 31.2. The van der Waals surface area contributed by atoms with Crippen LogP contribution in [0.3, 0.4) is 0 Å². The number of hydrogen-bond donors (Lipinski definition) is 3. The lowest BCUT2D eigenvalue weighted by atomic mass is 10.1. The molecule has 11 heteroatoms. The van der Waals surface area contributed by atoms with Crippen LogP contribution >= 0.6 is 7.82 Å². The van der Waals surface area contributed by atoms with Gasteiger partial charge in [-0.05, 0) is 77.0 Å². The van der Waals surface area contributed by atoms with Crippen LogP contribution < -0.4 is 5.73 Å². The van der Waals surface area contributed by atoms with Crippen LogP contribution in [0.25, 0.3) is 0 Å². The summed E-state index contributed by atoms with van der Waals surface area (Å²) in [7, 11) is -4.62. The largest absolute Gasteiger partial charge is 0.480 e. The lowest BCUT2D eigenvalue weighted by molar-refractivity contribution is -0.154. The Kier molecular flexibility index (Phi) is 44.9. The molecular weight excluding hydrogens is 802 g/mol. The van der Waals surface area contributed by atoms with Crippen LogP contribution in [0.5, 0.6) is 0 Å². The molecule has 0 radical (unpaired) electrons. The van der Waals surface area contributed by atoms with E-state index in [4.69, 9.17) is 29.4 Å². The predicted octanol–water partition coefficient (Wildman–Crippen LogP) is 14.4. The number of carbonyl (C=O) groups excluding carboxylic acids is 1. The molecule has 0 aliphatic rings. The number of unbranched alkanes of at least 4 members (excludes halogenated alkanes) is 23. The fraction of sp³-hybridized carbons (Fsp3) is 0.765. The SMILES string of the molecule is CC/C=C\C/C=C\C/C=C\C/C=C\CCCCCCCCCCCCCOCC(COP(=O)(O)OCC(N)C(=O)O)OC(=O)CCCCCCC/C=C\CCCCCCCCC. The Morgan fingerprint density at radius 3 is 1.42 bits per heavy atom. The monoisotopic (exact) mass is 894 g/mol. The molecule has 3 unspecified atom stereocenters. The number of phosphoric ester groups is 1. The summed E-state index contributed by atoms with van der Waals surface area (Å²) in [5.74, 6) is -1.79. The fourth-order valence-corrected chi connectivity index (χ4v) is 7.49. The molecule has 0 aliphatic heterocycles. The third kappa shape index (κ3) is 45.7. The molecule has 4 N–H and O–H groups in total. The molecule has 0 rings (SSSR count). The minimum atomic E-state index is -4.62. The summed E-state index contributed by atoms with van der Waals surface area (Å²) < 4.78 is 33.5. The standard InChI is InChI=1S/C51H92NO9P/c1-3-5-7-9-11-13-15-17-19-21-22-23-24-25-26-27-28-30-32-34-36-38-40-42-44-58-45-48(46-59-62(56,57)60-47-49(52)51(54)55)61-50(53)43-41-39-37-35-33-31-29-20-18-16-14-12-10-8-6-4-2/h5,7,11,13,17,19-20,22-23,29,48-49H,3-4,6,8-10,12,14-16,18,21,24-28,30-47,52H2,1-2H3,(H,54,55)(H,56,57)/b7-5-,13-11-,19-17-,23-22-,29-20-. The summed E-state index contributed by atoms with van der Waals surface area (Å²) in [6, 6.07) is -1.48. The molecule has 0 spiro atoms. The van der Waals surface area contributed by atoms with Crippen molar-refractivity contribution in [2.24, 2.45) is 5.73 Å². The van der Waals surface area contributed by atoms with Crippen molar-refractivity contribution >= 4 is 19.8 Å². The Hall–Kier alpha value is -2.33. The van der Waals surface area contributed by atoms with E-state index < -0.39 is 45.1 Å². The van der Waals surface area contributed by atoms with Crippen LogP contribution in [0.2, 0.25) is 0 Å². The van der Waals surface area contributed by atoms with Gasteiger partial charge in [0, 0.05) is 13.0 Å². The third-order valence-corrected chi connectivity index (χ3v) is 11.5. The second-order valence-corrected chi connectivity index (χ2v) is 18.0. The summed E-state index contributed by atoms with van der Waals surface area (Å²) >= 11 is 0. The first kappa shape index (κ1) is 59.7. The average molecular weight is 894 g/mol. The first-order valence-electron chi connectivity index (χ1n) is 24.8. The van der Waals surface area contributed by atoms with Gasteiger partial charge in [0.15, 0.2) is 0 Å². The van der Waals surface area contributed by atoms with Gasteiger partial charge in [-0.3, -0.25) is 18.6 Å². The number of phosphoric acid groups is 1. The third-order valence-electron chi connectivity index (χ3n) is 10.5. The van der Waals surface area contributed by atoms with Crippen LogP contribution in [0.15, 0.2) is 60.8 Å². The molecule has 360 valence electrons. The van der Waals surface area contributed by atoms with E-state index in [1.165, 1.54) is 109 Å². The highest BCUT2D eigenvalue weighted by Crippen LogP contribution is 2.43. The number of esters is 1. The van der Waals surface area contributed by atoms with Crippen molar-refractivity contribution < 1.29 is 42.7 Å². The maximum atomic E-state index is 12.7. The van der Waals surface area contributed by atoms with Crippen molar-refractivity contribution in [1.29, 1.82) is 0 Å². The van der Waals surface area contributed by atoms with Crippen molar-refractivity contribution in [1.82, 2.24) is 0 Å². The molecule has 10 nitrogen and oxygen atoms in total. The Morgan fingerprint density at radius 2 is 0.935 bits per heavy atom. The van der Waals surface area contributed by atoms with Crippen molar-refractivity contribution in [3.05, 3.63) is 60.8 Å². The van der Waals surface area contributed by atoms with Crippen molar-refractivity contribution in [3.8, 4) is 0 Å². The summed E-state index contributed by atoms with van der Waals surface area (Å²) in [6.45, 7) is 3.76. The van der Waals surface area contributed by atoms with Gasteiger partial charge in [0.05, 0.1) is 19.8 Å². The Bertz CT molecular complexity index is 1220. The minimum Gasteiger partial charge on any atom is -0.480 e. The number of carboxylic acid groups (broad SMARTS) is 1. The molecule has 0 bridgehead atoms. The molecule has 3 atom stereocenters. The van der Waals surface area contributed by atoms with Gasteiger partial charge >= 0.3 is 19.8 Å². The van der Waals surface area contributed by atoms with E-state index in [0.717, 1.165) is 77.0 Å². The highest BCUT2D eigenvalue weighted by Gasteiger charge is 2.27. The van der Waals surface area contributed by atoms with Crippen molar-refractivity contribution in [3.63, 3.8) is 0 Å². The second-order valence-electron chi connectivity index (χ2n) is 16.6. The molecule has 0 aliphatic carbocycles. The number of carbonyl (C=O) groups is 2. The number of rotatable bonds is 47. The number of hydrogen-bond acceptors (Lipinski definition) is 8.